The molecule has 0 bridgehead atoms. The monoisotopic (exact) mass is 329 g/mol. The molecule has 0 saturated carbocycles. The van der Waals surface area contributed by atoms with Crippen LogP contribution in [0, 0.1) is 0 Å². The Bertz CT molecular complexity index is 493. The van der Waals surface area contributed by atoms with Crippen molar-refractivity contribution in [2.75, 3.05) is 13.3 Å². The summed E-state index contributed by atoms with van der Waals surface area (Å²) in [6.45, 7) is 2.97. The van der Waals surface area contributed by atoms with Gasteiger partial charge in [0.2, 0.25) is 6.79 Å². The predicted molar refractivity (Wildman–Crippen MR) is 77.3 cm³/mol. The van der Waals surface area contributed by atoms with E-state index < -0.39 is 0 Å². The van der Waals surface area contributed by atoms with Crippen LogP contribution in [0.4, 0.5) is 0 Å². The molecule has 0 fully saturated rings. The molecular weight excluding hydrogens is 318 g/mol. The number of hydrazone groups is 1. The molecular formula is C11H12BrN3O2S. The van der Waals surface area contributed by atoms with E-state index in [1.807, 2.05) is 19.1 Å². The van der Waals surface area contributed by atoms with Gasteiger partial charge in [-0.15, -0.1) is 0 Å². The minimum absolute atomic E-state index is 0.247. The van der Waals surface area contributed by atoms with E-state index in [1.54, 1.807) is 6.21 Å². The molecule has 1 aromatic rings. The average molecular weight is 330 g/mol. The Morgan fingerprint density at radius 2 is 2.39 bits per heavy atom. The first-order chi connectivity index (χ1) is 8.70. The predicted octanol–water partition coefficient (Wildman–Crippen LogP) is 2.00. The van der Waals surface area contributed by atoms with Gasteiger partial charge < -0.3 is 14.8 Å². The van der Waals surface area contributed by atoms with Crippen molar-refractivity contribution in [1.29, 1.82) is 0 Å². The van der Waals surface area contributed by atoms with Crippen molar-refractivity contribution in [3.8, 4) is 11.5 Å². The normalized spacial score (nSPS) is 12.8. The number of thiocarbonyl (C=S) groups is 1. The zero-order chi connectivity index (χ0) is 13.0. The summed E-state index contributed by atoms with van der Waals surface area (Å²) >= 11 is 8.40. The van der Waals surface area contributed by atoms with Crippen LogP contribution in [-0.2, 0) is 0 Å². The van der Waals surface area contributed by atoms with Gasteiger partial charge in [-0.1, -0.05) is 0 Å². The topological polar surface area (TPSA) is 54.9 Å². The molecule has 1 aliphatic rings. The van der Waals surface area contributed by atoms with Gasteiger partial charge >= 0.3 is 0 Å². The van der Waals surface area contributed by atoms with Crippen molar-refractivity contribution in [3.05, 3.63) is 22.2 Å². The second-order valence-electron chi connectivity index (χ2n) is 3.47. The highest BCUT2D eigenvalue weighted by Gasteiger charge is 2.17. The molecule has 18 heavy (non-hydrogen) atoms. The fraction of sp³-hybridized carbons (Fsp3) is 0.273. The Hall–Kier alpha value is -1.34. The molecule has 0 unspecified atom stereocenters. The lowest BCUT2D eigenvalue weighted by Gasteiger charge is -2.03. The molecule has 96 valence electrons. The van der Waals surface area contributed by atoms with Gasteiger partial charge in [0.15, 0.2) is 16.6 Å². The van der Waals surface area contributed by atoms with Crippen LogP contribution in [0.2, 0.25) is 0 Å². The molecule has 0 radical (unpaired) electrons. The minimum atomic E-state index is 0.247. The highest BCUT2D eigenvalue weighted by atomic mass is 79.9. The Balaban J connectivity index is 2.04. The Kier molecular flexibility index (Phi) is 4.38. The van der Waals surface area contributed by atoms with Crippen LogP contribution < -0.4 is 20.2 Å². The van der Waals surface area contributed by atoms with Gasteiger partial charge in [0.05, 0.1) is 10.7 Å². The maximum Gasteiger partial charge on any atom is 0.231 e. The van der Waals surface area contributed by atoms with E-state index in [0.29, 0.717) is 10.9 Å². The average Bonchev–Trinajstić information content (AvgIpc) is 2.78. The molecule has 1 aromatic carbocycles. The standard InChI is InChI=1S/C11H12BrN3O2S/c1-2-13-11(18)15-14-5-7-3-8(12)10-9(4-7)16-6-17-10/h3-5H,2,6H2,1H3,(H2,13,15,18)/b14-5-. The summed E-state index contributed by atoms with van der Waals surface area (Å²) in [5, 5.41) is 7.46. The summed E-state index contributed by atoms with van der Waals surface area (Å²) in [5.74, 6) is 1.43. The van der Waals surface area contributed by atoms with Crippen LogP contribution in [0.15, 0.2) is 21.7 Å². The van der Waals surface area contributed by atoms with Crippen LogP contribution in [0.3, 0.4) is 0 Å². The third-order valence-corrected chi connectivity index (χ3v) is 2.99. The number of fused-ring (bicyclic) bond motifs is 1. The SMILES string of the molecule is CCNC(=S)N/N=C\c1cc(Br)c2c(c1)OCO2. The highest BCUT2D eigenvalue weighted by Crippen LogP contribution is 2.39. The van der Waals surface area contributed by atoms with E-state index in [0.717, 1.165) is 22.3 Å². The number of halogens is 1. The number of nitrogens with zero attached hydrogens (tertiary/aromatic N) is 1. The zero-order valence-electron chi connectivity index (χ0n) is 9.70. The first-order valence-electron chi connectivity index (χ1n) is 5.36. The van der Waals surface area contributed by atoms with Gasteiger partial charge in [0.1, 0.15) is 0 Å². The Labute approximate surface area is 119 Å². The molecule has 0 aromatic heterocycles. The maximum atomic E-state index is 5.31. The number of hydrogen-bond donors (Lipinski definition) is 2. The molecule has 1 aliphatic heterocycles. The zero-order valence-corrected chi connectivity index (χ0v) is 12.1. The fourth-order valence-corrected chi connectivity index (χ4v) is 2.20. The van der Waals surface area contributed by atoms with Crippen LogP contribution >= 0.6 is 28.1 Å². The lowest BCUT2D eigenvalue weighted by atomic mass is 10.2. The lowest BCUT2D eigenvalue weighted by Crippen LogP contribution is -2.31. The van der Waals surface area contributed by atoms with Crippen LogP contribution in [-0.4, -0.2) is 24.7 Å². The molecule has 2 N–H and O–H groups in total. The van der Waals surface area contributed by atoms with Crippen LogP contribution in [0.25, 0.3) is 0 Å². The Morgan fingerprint density at radius 1 is 1.56 bits per heavy atom. The molecule has 0 saturated heterocycles. The number of ether oxygens (including phenoxy) is 2. The third kappa shape index (κ3) is 3.11. The molecule has 0 atom stereocenters. The van der Waals surface area contributed by atoms with Crippen molar-refractivity contribution in [3.63, 3.8) is 0 Å². The largest absolute Gasteiger partial charge is 0.454 e. The minimum Gasteiger partial charge on any atom is -0.454 e. The van der Waals surface area contributed by atoms with Crippen molar-refractivity contribution in [2.45, 2.75) is 6.92 Å². The van der Waals surface area contributed by atoms with Gasteiger partial charge in [0.25, 0.3) is 0 Å². The molecule has 0 aliphatic carbocycles. The molecule has 0 amide bonds. The van der Waals surface area contributed by atoms with Gasteiger partial charge in [0, 0.05) is 6.54 Å². The molecule has 1 heterocycles. The highest BCUT2D eigenvalue weighted by molar-refractivity contribution is 9.10. The summed E-state index contributed by atoms with van der Waals surface area (Å²) < 4.78 is 11.5. The van der Waals surface area contributed by atoms with E-state index in [1.165, 1.54) is 0 Å². The first kappa shape index (κ1) is 13.1. The summed E-state index contributed by atoms with van der Waals surface area (Å²) in [6, 6.07) is 3.75. The maximum absolute atomic E-state index is 5.31. The first-order valence-corrected chi connectivity index (χ1v) is 6.57. The van der Waals surface area contributed by atoms with Crippen LogP contribution in [0.1, 0.15) is 12.5 Å². The van der Waals surface area contributed by atoms with E-state index in [9.17, 15) is 0 Å². The van der Waals surface area contributed by atoms with E-state index >= 15 is 0 Å². The van der Waals surface area contributed by atoms with Gasteiger partial charge in [-0.05, 0) is 52.8 Å². The molecule has 0 spiro atoms. The second kappa shape index (κ2) is 6.01. The fourth-order valence-electron chi connectivity index (χ4n) is 1.43. The van der Waals surface area contributed by atoms with Gasteiger partial charge in [-0.2, -0.15) is 5.10 Å². The smallest absolute Gasteiger partial charge is 0.231 e. The number of nitrogens with one attached hydrogen (secondary N) is 2. The number of rotatable bonds is 3. The van der Waals surface area contributed by atoms with Crippen molar-refractivity contribution in [2.24, 2.45) is 5.10 Å². The number of hydrogen-bond acceptors (Lipinski definition) is 4. The third-order valence-electron chi connectivity index (χ3n) is 2.17. The second-order valence-corrected chi connectivity index (χ2v) is 4.73. The van der Waals surface area contributed by atoms with E-state index in [2.05, 4.69) is 31.8 Å². The molecule has 2 rings (SSSR count). The lowest BCUT2D eigenvalue weighted by molar-refractivity contribution is 0.173. The van der Waals surface area contributed by atoms with Crippen molar-refractivity contribution in [1.82, 2.24) is 10.7 Å². The summed E-state index contributed by atoms with van der Waals surface area (Å²) in [5.41, 5.74) is 3.61. The molecule has 7 heteroatoms. The van der Waals surface area contributed by atoms with Gasteiger partial charge in [-0.3, -0.25) is 5.43 Å². The summed E-state index contributed by atoms with van der Waals surface area (Å²) in [6.07, 6.45) is 1.66. The summed E-state index contributed by atoms with van der Waals surface area (Å²) in [7, 11) is 0. The van der Waals surface area contributed by atoms with E-state index in [4.69, 9.17) is 21.7 Å². The molecule has 5 nitrogen and oxygen atoms in total. The Morgan fingerprint density at radius 3 is 3.17 bits per heavy atom. The van der Waals surface area contributed by atoms with Crippen LogP contribution in [0.5, 0.6) is 11.5 Å². The van der Waals surface area contributed by atoms with Crippen molar-refractivity contribution >= 4 is 39.5 Å². The number of benzene rings is 1. The summed E-state index contributed by atoms with van der Waals surface area (Å²) in [4.78, 5) is 0. The van der Waals surface area contributed by atoms with Gasteiger partial charge in [-0.25, -0.2) is 0 Å². The van der Waals surface area contributed by atoms with E-state index in [-0.39, 0.29) is 6.79 Å². The quantitative estimate of drug-likeness (QED) is 0.504. The van der Waals surface area contributed by atoms with Crippen molar-refractivity contribution < 1.29 is 9.47 Å².